The van der Waals surface area contributed by atoms with Crippen molar-refractivity contribution in [1.82, 2.24) is 0 Å². The van der Waals surface area contributed by atoms with Crippen LogP contribution in [0.25, 0.3) is 0 Å². The second-order valence-electron chi connectivity index (χ2n) is 9.63. The second kappa shape index (κ2) is 20.7. The standard InChI is InChI=1S/C26H54O/c1-4-5-6-7-8-9-10-11-12-13-14-15-16-17-18-19-20-21-22-23-24-25-26(2,3)27/h27H,4-25H2,1-3H3. The molecule has 1 nitrogen and oxygen atoms in total. The van der Waals surface area contributed by atoms with E-state index in [9.17, 15) is 5.11 Å². The molecule has 0 atom stereocenters. The van der Waals surface area contributed by atoms with E-state index in [0.717, 1.165) is 6.42 Å². The first-order valence-corrected chi connectivity index (χ1v) is 12.8. The van der Waals surface area contributed by atoms with E-state index in [2.05, 4.69) is 6.92 Å². The van der Waals surface area contributed by atoms with Gasteiger partial charge < -0.3 is 5.11 Å². The lowest BCUT2D eigenvalue weighted by Crippen LogP contribution is -2.17. The van der Waals surface area contributed by atoms with E-state index < -0.39 is 5.60 Å². The second-order valence-corrected chi connectivity index (χ2v) is 9.63. The van der Waals surface area contributed by atoms with Gasteiger partial charge in [-0.3, -0.25) is 0 Å². The molecule has 0 aromatic rings. The van der Waals surface area contributed by atoms with Crippen molar-refractivity contribution in [3.63, 3.8) is 0 Å². The summed E-state index contributed by atoms with van der Waals surface area (Å²) in [6.07, 6.45) is 30.9. The summed E-state index contributed by atoms with van der Waals surface area (Å²) < 4.78 is 0. The molecule has 1 N–H and O–H groups in total. The Balaban J connectivity index is 3.01. The minimum Gasteiger partial charge on any atom is -0.390 e. The molecule has 1 heteroatoms. The highest BCUT2D eigenvalue weighted by Gasteiger charge is 2.10. The molecule has 0 aliphatic heterocycles. The van der Waals surface area contributed by atoms with Gasteiger partial charge in [-0.15, -0.1) is 0 Å². The van der Waals surface area contributed by atoms with Crippen molar-refractivity contribution in [1.29, 1.82) is 0 Å². The molecule has 164 valence electrons. The number of rotatable bonds is 22. The van der Waals surface area contributed by atoms with E-state index >= 15 is 0 Å². The van der Waals surface area contributed by atoms with E-state index in [4.69, 9.17) is 0 Å². The molecule has 0 unspecified atom stereocenters. The van der Waals surface area contributed by atoms with Crippen LogP contribution in [0.1, 0.15) is 162 Å². The molecule has 0 saturated carbocycles. The van der Waals surface area contributed by atoms with Gasteiger partial charge >= 0.3 is 0 Å². The summed E-state index contributed by atoms with van der Waals surface area (Å²) in [5.41, 5.74) is -0.464. The number of hydrogen-bond acceptors (Lipinski definition) is 1. The van der Waals surface area contributed by atoms with E-state index in [1.54, 1.807) is 0 Å². The number of hydrogen-bond donors (Lipinski definition) is 1. The summed E-state index contributed by atoms with van der Waals surface area (Å²) in [5.74, 6) is 0. The maximum atomic E-state index is 9.68. The Morgan fingerprint density at radius 2 is 0.630 bits per heavy atom. The van der Waals surface area contributed by atoms with Crippen LogP contribution >= 0.6 is 0 Å². The predicted molar refractivity (Wildman–Crippen MR) is 124 cm³/mol. The topological polar surface area (TPSA) is 20.2 Å². The van der Waals surface area contributed by atoms with Gasteiger partial charge in [0.05, 0.1) is 5.60 Å². The first-order chi connectivity index (χ1) is 13.1. The highest BCUT2D eigenvalue weighted by atomic mass is 16.3. The third kappa shape index (κ3) is 26.0. The summed E-state index contributed by atoms with van der Waals surface area (Å²) in [4.78, 5) is 0. The molecule has 0 rings (SSSR count). The van der Waals surface area contributed by atoms with Crippen molar-refractivity contribution in [3.05, 3.63) is 0 Å². The highest BCUT2D eigenvalue weighted by molar-refractivity contribution is 4.64. The number of aliphatic hydroxyl groups is 1. The lowest BCUT2D eigenvalue weighted by atomic mass is 9.99. The van der Waals surface area contributed by atoms with Crippen molar-refractivity contribution < 1.29 is 5.11 Å². The monoisotopic (exact) mass is 382 g/mol. The quantitative estimate of drug-likeness (QED) is 0.185. The minimum atomic E-state index is -0.464. The van der Waals surface area contributed by atoms with Gasteiger partial charge in [-0.05, 0) is 20.3 Å². The average Bonchev–Trinajstić information content (AvgIpc) is 2.62. The molecule has 0 radical (unpaired) electrons. The van der Waals surface area contributed by atoms with Crippen LogP contribution in [0.2, 0.25) is 0 Å². The summed E-state index contributed by atoms with van der Waals surface area (Å²) in [6, 6.07) is 0. The third-order valence-corrected chi connectivity index (χ3v) is 5.89. The van der Waals surface area contributed by atoms with Gasteiger partial charge in [0, 0.05) is 0 Å². The van der Waals surface area contributed by atoms with Gasteiger partial charge in [-0.25, -0.2) is 0 Å². The summed E-state index contributed by atoms with van der Waals surface area (Å²) in [6.45, 7) is 6.14. The van der Waals surface area contributed by atoms with Gasteiger partial charge in [-0.1, -0.05) is 142 Å². The normalized spacial score (nSPS) is 12.0. The first kappa shape index (κ1) is 27.0. The number of unbranched alkanes of at least 4 members (excludes halogenated alkanes) is 20. The summed E-state index contributed by atoms with van der Waals surface area (Å²) >= 11 is 0. The zero-order valence-corrected chi connectivity index (χ0v) is 19.5. The fraction of sp³-hybridized carbons (Fsp3) is 1.00. The van der Waals surface area contributed by atoms with Crippen molar-refractivity contribution in [2.75, 3.05) is 0 Å². The molecule has 0 aliphatic carbocycles. The van der Waals surface area contributed by atoms with Crippen molar-refractivity contribution in [2.45, 2.75) is 168 Å². The molecule has 0 bridgehead atoms. The SMILES string of the molecule is CCCCCCCCCCCCCCCCCCCCCCCC(C)(C)O. The molecule has 0 spiro atoms. The Hall–Kier alpha value is -0.0400. The molecule has 0 fully saturated rings. The van der Waals surface area contributed by atoms with Crippen LogP contribution < -0.4 is 0 Å². The molecule has 0 aromatic carbocycles. The summed E-state index contributed by atoms with van der Waals surface area (Å²) in [5, 5.41) is 9.68. The lowest BCUT2D eigenvalue weighted by molar-refractivity contribution is 0.0680. The largest absolute Gasteiger partial charge is 0.390 e. The Kier molecular flexibility index (Phi) is 20.7. The first-order valence-electron chi connectivity index (χ1n) is 12.8. The molecule has 27 heavy (non-hydrogen) atoms. The third-order valence-electron chi connectivity index (χ3n) is 5.89. The Morgan fingerprint density at radius 3 is 0.852 bits per heavy atom. The van der Waals surface area contributed by atoms with Crippen LogP contribution in [0.3, 0.4) is 0 Å². The van der Waals surface area contributed by atoms with Crippen LogP contribution in [-0.2, 0) is 0 Å². The molecule has 0 saturated heterocycles. The van der Waals surface area contributed by atoms with Crippen LogP contribution in [0, 0.1) is 0 Å². The molecule has 0 aromatic heterocycles. The highest BCUT2D eigenvalue weighted by Crippen LogP contribution is 2.17. The van der Waals surface area contributed by atoms with Crippen LogP contribution in [0.4, 0.5) is 0 Å². The fourth-order valence-corrected chi connectivity index (χ4v) is 3.99. The van der Waals surface area contributed by atoms with Crippen molar-refractivity contribution in [3.8, 4) is 0 Å². The van der Waals surface area contributed by atoms with Crippen molar-refractivity contribution in [2.24, 2.45) is 0 Å². The van der Waals surface area contributed by atoms with Gasteiger partial charge in [-0.2, -0.15) is 0 Å². The van der Waals surface area contributed by atoms with E-state index in [0.29, 0.717) is 0 Å². The van der Waals surface area contributed by atoms with Gasteiger partial charge in [0.25, 0.3) is 0 Å². The molecule has 0 amide bonds. The maximum Gasteiger partial charge on any atom is 0.0591 e. The van der Waals surface area contributed by atoms with E-state index in [1.165, 1.54) is 135 Å². The average molecular weight is 383 g/mol. The van der Waals surface area contributed by atoms with E-state index in [-0.39, 0.29) is 0 Å². The minimum absolute atomic E-state index is 0.464. The molecule has 0 aliphatic rings. The molecule has 0 heterocycles. The smallest absolute Gasteiger partial charge is 0.0591 e. The Morgan fingerprint density at radius 1 is 0.407 bits per heavy atom. The van der Waals surface area contributed by atoms with Gasteiger partial charge in [0.15, 0.2) is 0 Å². The Labute approximate surface area is 173 Å². The van der Waals surface area contributed by atoms with Crippen molar-refractivity contribution >= 4 is 0 Å². The van der Waals surface area contributed by atoms with Gasteiger partial charge in [0.1, 0.15) is 0 Å². The van der Waals surface area contributed by atoms with E-state index in [1.807, 2.05) is 13.8 Å². The predicted octanol–water partition coefficient (Wildman–Crippen LogP) is 9.36. The van der Waals surface area contributed by atoms with Gasteiger partial charge in [0.2, 0.25) is 0 Å². The lowest BCUT2D eigenvalue weighted by Gasteiger charge is -2.16. The van der Waals surface area contributed by atoms with Crippen LogP contribution in [0.15, 0.2) is 0 Å². The molecular weight excluding hydrogens is 328 g/mol. The zero-order valence-electron chi connectivity index (χ0n) is 19.5. The van der Waals surface area contributed by atoms with Crippen LogP contribution in [0.5, 0.6) is 0 Å². The maximum absolute atomic E-state index is 9.68. The molecular formula is C26H54O. The fourth-order valence-electron chi connectivity index (χ4n) is 3.99. The summed E-state index contributed by atoms with van der Waals surface area (Å²) in [7, 11) is 0. The van der Waals surface area contributed by atoms with Crippen LogP contribution in [-0.4, -0.2) is 10.7 Å². The Bertz CT molecular complexity index is 266. The zero-order chi connectivity index (χ0) is 20.1.